The normalized spacial score (nSPS) is 20.0. The van der Waals surface area contributed by atoms with E-state index in [-0.39, 0.29) is 18.2 Å². The lowest BCUT2D eigenvalue weighted by Crippen LogP contribution is -2.52. The van der Waals surface area contributed by atoms with Crippen LogP contribution in [-0.4, -0.2) is 74.1 Å². The number of hydrogen-bond donors (Lipinski definition) is 1. The fourth-order valence-electron chi connectivity index (χ4n) is 4.45. The number of likely N-dealkylation sites (tertiary alicyclic amines) is 1. The third-order valence-electron chi connectivity index (χ3n) is 6.56. The van der Waals surface area contributed by atoms with Crippen molar-refractivity contribution in [3.63, 3.8) is 0 Å². The van der Waals surface area contributed by atoms with E-state index in [1.807, 2.05) is 17.0 Å². The van der Waals surface area contributed by atoms with Gasteiger partial charge in [0, 0.05) is 25.7 Å². The number of benzene rings is 1. The Kier molecular flexibility index (Phi) is 8.28. The van der Waals surface area contributed by atoms with Crippen LogP contribution in [-0.2, 0) is 11.3 Å². The van der Waals surface area contributed by atoms with Crippen molar-refractivity contribution in [2.75, 3.05) is 41.0 Å². The number of amides is 1. The number of piperidine rings is 1. The minimum Gasteiger partial charge on any atom is -0.493 e. The number of carbonyl (C=O) groups excluding carboxylic acids is 1. The summed E-state index contributed by atoms with van der Waals surface area (Å²) < 4.78 is 21.6. The highest BCUT2D eigenvalue weighted by molar-refractivity contribution is 7.80. The van der Waals surface area contributed by atoms with E-state index in [0.29, 0.717) is 41.4 Å². The van der Waals surface area contributed by atoms with Crippen molar-refractivity contribution in [1.82, 2.24) is 15.1 Å². The molecule has 8 nitrogen and oxygen atoms in total. The lowest BCUT2D eigenvalue weighted by Gasteiger charge is -2.40. The van der Waals surface area contributed by atoms with Crippen LogP contribution in [0.3, 0.4) is 0 Å². The van der Waals surface area contributed by atoms with Gasteiger partial charge in [0.15, 0.2) is 16.6 Å². The molecule has 1 N–H and O–H groups in total. The minimum absolute atomic E-state index is 0.170. The Bertz CT molecular complexity index is 788. The second kappa shape index (κ2) is 10.9. The van der Waals surface area contributed by atoms with Gasteiger partial charge in [-0.1, -0.05) is 20.3 Å². The third kappa shape index (κ3) is 5.14. The summed E-state index contributed by atoms with van der Waals surface area (Å²) in [5.41, 5.74) is 0.980. The van der Waals surface area contributed by atoms with E-state index in [9.17, 15) is 4.79 Å². The fourth-order valence-corrected chi connectivity index (χ4v) is 4.71. The van der Waals surface area contributed by atoms with Crippen molar-refractivity contribution >= 4 is 23.4 Å². The van der Waals surface area contributed by atoms with Crippen molar-refractivity contribution in [1.29, 1.82) is 0 Å². The molecule has 0 spiro atoms. The van der Waals surface area contributed by atoms with Gasteiger partial charge in [-0.3, -0.25) is 4.90 Å². The Balaban J connectivity index is 1.56. The zero-order chi connectivity index (χ0) is 23.3. The van der Waals surface area contributed by atoms with Gasteiger partial charge in [-0.25, -0.2) is 4.79 Å². The number of thiocarbonyl (C=S) groups is 1. The van der Waals surface area contributed by atoms with Crippen LogP contribution in [0.5, 0.6) is 17.2 Å². The average Bonchev–Trinajstić information content (AvgIpc) is 3.22. The maximum absolute atomic E-state index is 12.4. The van der Waals surface area contributed by atoms with E-state index < -0.39 is 0 Å². The van der Waals surface area contributed by atoms with Gasteiger partial charge in [0.2, 0.25) is 5.75 Å². The Morgan fingerprint density at radius 1 is 1.19 bits per heavy atom. The second-order valence-corrected chi connectivity index (χ2v) is 8.73. The zero-order valence-electron chi connectivity index (χ0n) is 19.7. The largest absolute Gasteiger partial charge is 0.493 e. The number of cyclic esters (lactones) is 1. The summed E-state index contributed by atoms with van der Waals surface area (Å²) in [6.07, 6.45) is 2.63. The van der Waals surface area contributed by atoms with Gasteiger partial charge in [-0.15, -0.1) is 0 Å². The van der Waals surface area contributed by atoms with Crippen molar-refractivity contribution in [3.05, 3.63) is 17.7 Å². The van der Waals surface area contributed by atoms with E-state index in [4.69, 9.17) is 31.2 Å². The molecule has 0 bridgehead atoms. The van der Waals surface area contributed by atoms with Crippen molar-refractivity contribution < 1.29 is 23.7 Å². The molecule has 1 amide bonds. The molecule has 9 heteroatoms. The van der Waals surface area contributed by atoms with Gasteiger partial charge in [0.05, 0.1) is 27.4 Å². The highest BCUT2D eigenvalue weighted by Gasteiger charge is 2.41. The maximum atomic E-state index is 12.4. The number of rotatable bonds is 8. The smallest absolute Gasteiger partial charge is 0.410 e. The lowest BCUT2D eigenvalue weighted by molar-refractivity contribution is 0.112. The summed E-state index contributed by atoms with van der Waals surface area (Å²) in [7, 11) is 4.79. The Labute approximate surface area is 196 Å². The minimum atomic E-state index is -0.170. The monoisotopic (exact) mass is 465 g/mol. The number of ether oxygens (including phenoxy) is 4. The molecular weight excluding hydrogens is 430 g/mol. The highest BCUT2D eigenvalue weighted by Crippen LogP contribution is 2.38. The third-order valence-corrected chi connectivity index (χ3v) is 6.96. The van der Waals surface area contributed by atoms with Gasteiger partial charge in [-0.2, -0.15) is 0 Å². The van der Waals surface area contributed by atoms with E-state index in [1.165, 1.54) is 0 Å². The second-order valence-electron chi connectivity index (χ2n) is 8.35. The van der Waals surface area contributed by atoms with Gasteiger partial charge in [-0.05, 0) is 48.7 Å². The van der Waals surface area contributed by atoms with Crippen LogP contribution in [0.25, 0.3) is 0 Å². The van der Waals surface area contributed by atoms with Crippen molar-refractivity contribution in [2.45, 2.75) is 51.7 Å². The Morgan fingerprint density at radius 2 is 1.81 bits per heavy atom. The topological polar surface area (TPSA) is 72.5 Å². The number of nitrogens with one attached hydrogen (secondary N) is 1. The molecule has 2 fully saturated rings. The van der Waals surface area contributed by atoms with E-state index in [2.05, 4.69) is 24.1 Å². The molecule has 178 valence electrons. The summed E-state index contributed by atoms with van der Waals surface area (Å²) in [6.45, 7) is 7.02. The first-order chi connectivity index (χ1) is 15.4. The Hall–Kier alpha value is -2.42. The summed E-state index contributed by atoms with van der Waals surface area (Å²) >= 11 is 5.65. The molecule has 2 atom stereocenters. The van der Waals surface area contributed by atoms with Crippen LogP contribution in [0.2, 0.25) is 0 Å². The molecule has 32 heavy (non-hydrogen) atoms. The average molecular weight is 466 g/mol. The Morgan fingerprint density at radius 3 is 2.34 bits per heavy atom. The first-order valence-electron chi connectivity index (χ1n) is 11.2. The lowest BCUT2D eigenvalue weighted by atomic mass is 9.95. The summed E-state index contributed by atoms with van der Waals surface area (Å²) in [5, 5.41) is 4.05. The summed E-state index contributed by atoms with van der Waals surface area (Å²) in [6, 6.07) is 4.21. The molecule has 0 aliphatic carbocycles. The predicted octanol–water partition coefficient (Wildman–Crippen LogP) is 3.42. The van der Waals surface area contributed by atoms with E-state index >= 15 is 0 Å². The molecule has 2 unspecified atom stereocenters. The quantitative estimate of drug-likeness (QED) is 0.586. The van der Waals surface area contributed by atoms with Crippen molar-refractivity contribution in [2.24, 2.45) is 5.92 Å². The highest BCUT2D eigenvalue weighted by atomic mass is 32.1. The number of nitrogens with zero attached hydrogens (tertiary/aromatic N) is 2. The van der Waals surface area contributed by atoms with Crippen LogP contribution < -0.4 is 19.5 Å². The summed E-state index contributed by atoms with van der Waals surface area (Å²) in [5.74, 6) is 2.23. The van der Waals surface area contributed by atoms with Crippen molar-refractivity contribution in [3.8, 4) is 17.2 Å². The molecule has 0 radical (unpaired) electrons. The molecule has 2 aliphatic rings. The molecule has 1 aromatic carbocycles. The molecular formula is C23H35N3O5S. The van der Waals surface area contributed by atoms with Crippen LogP contribution in [0.4, 0.5) is 4.79 Å². The molecule has 2 aliphatic heterocycles. The van der Waals surface area contributed by atoms with E-state index in [0.717, 1.165) is 37.9 Å². The number of carbonyl (C=O) groups is 1. The number of methoxy groups -OCH3 is 3. The number of hydrogen-bond acceptors (Lipinski definition) is 6. The standard InChI is InChI=1S/C23H35N3O5S/c1-6-15(2)18-14-31-23(27)26(18)17-7-9-25(10-8-17)22(32)24-13-16-11-19(28-3)21(30-5)20(12-16)29-4/h11-12,15,17-18H,6-10,13-14H2,1-5H3,(H,24,32). The van der Waals surface area contributed by atoms with Crippen LogP contribution in [0, 0.1) is 5.92 Å². The van der Waals surface area contributed by atoms with Crippen LogP contribution in [0.1, 0.15) is 38.7 Å². The molecule has 3 rings (SSSR count). The summed E-state index contributed by atoms with van der Waals surface area (Å²) in [4.78, 5) is 16.5. The fraction of sp³-hybridized carbons (Fsp3) is 0.652. The maximum Gasteiger partial charge on any atom is 0.410 e. The first kappa shape index (κ1) is 24.2. The van der Waals surface area contributed by atoms with Gasteiger partial charge in [0.1, 0.15) is 6.61 Å². The zero-order valence-corrected chi connectivity index (χ0v) is 20.5. The molecule has 2 heterocycles. The molecule has 2 saturated heterocycles. The SMILES string of the molecule is CCC(C)C1COC(=O)N1C1CCN(C(=S)NCc2cc(OC)c(OC)c(OC)c2)CC1. The molecule has 0 aromatic heterocycles. The molecule has 0 saturated carbocycles. The van der Waals surface area contributed by atoms with Crippen LogP contribution >= 0.6 is 12.2 Å². The molecule has 1 aromatic rings. The van der Waals surface area contributed by atoms with Crippen LogP contribution in [0.15, 0.2) is 12.1 Å². The van der Waals surface area contributed by atoms with Gasteiger partial charge < -0.3 is 29.2 Å². The predicted molar refractivity (Wildman–Crippen MR) is 127 cm³/mol. The van der Waals surface area contributed by atoms with Gasteiger partial charge in [0.25, 0.3) is 0 Å². The van der Waals surface area contributed by atoms with E-state index in [1.54, 1.807) is 21.3 Å². The first-order valence-corrected chi connectivity index (χ1v) is 11.6. The van der Waals surface area contributed by atoms with Gasteiger partial charge >= 0.3 is 6.09 Å².